The molecule has 1 aromatic heterocycles. The predicted octanol–water partition coefficient (Wildman–Crippen LogP) is 2.27. The van der Waals surface area contributed by atoms with Gasteiger partial charge >= 0.3 is 6.03 Å². The van der Waals surface area contributed by atoms with Crippen LogP contribution in [0.3, 0.4) is 0 Å². The number of carbonyl (C=O) groups excluding carboxylic acids is 1. The van der Waals surface area contributed by atoms with Crippen LogP contribution in [-0.2, 0) is 11.3 Å². The van der Waals surface area contributed by atoms with Crippen LogP contribution in [0.5, 0.6) is 0 Å². The van der Waals surface area contributed by atoms with Gasteiger partial charge in [-0.3, -0.25) is 0 Å². The Morgan fingerprint density at radius 3 is 3.10 bits per heavy atom. The minimum Gasteiger partial charge on any atom is -0.376 e. The summed E-state index contributed by atoms with van der Waals surface area (Å²) in [7, 11) is 0. The van der Waals surface area contributed by atoms with Crippen LogP contribution in [0.25, 0.3) is 10.2 Å². The van der Waals surface area contributed by atoms with E-state index in [1.165, 1.54) is 0 Å². The van der Waals surface area contributed by atoms with Crippen LogP contribution in [0.15, 0.2) is 24.3 Å². The van der Waals surface area contributed by atoms with E-state index in [0.29, 0.717) is 13.1 Å². The monoisotopic (exact) mass is 291 g/mol. The highest BCUT2D eigenvalue weighted by Gasteiger charge is 2.16. The molecule has 0 saturated carbocycles. The molecule has 20 heavy (non-hydrogen) atoms. The Kier molecular flexibility index (Phi) is 4.13. The predicted molar refractivity (Wildman–Crippen MR) is 78.8 cm³/mol. The second-order valence-corrected chi connectivity index (χ2v) is 5.89. The molecule has 1 aromatic carbocycles. The highest BCUT2D eigenvalue weighted by atomic mass is 32.1. The van der Waals surface area contributed by atoms with Crippen molar-refractivity contribution in [1.29, 1.82) is 0 Å². The Bertz CT molecular complexity index is 560. The van der Waals surface area contributed by atoms with Crippen LogP contribution < -0.4 is 10.6 Å². The van der Waals surface area contributed by atoms with Gasteiger partial charge in [-0.05, 0) is 25.0 Å². The molecular weight excluding hydrogens is 274 g/mol. The number of nitrogens with zero attached hydrogens (tertiary/aromatic N) is 1. The van der Waals surface area contributed by atoms with Gasteiger partial charge in [0.05, 0.1) is 22.9 Å². The number of nitrogens with one attached hydrogen (secondary N) is 2. The number of thiazole rings is 1. The van der Waals surface area contributed by atoms with Crippen LogP contribution in [0.4, 0.5) is 4.79 Å². The SMILES string of the molecule is O=C(NCc1nc2ccccc2s1)NC[C@H]1CCCO1. The fourth-order valence-electron chi connectivity index (χ4n) is 2.23. The zero-order chi connectivity index (χ0) is 13.8. The molecule has 0 radical (unpaired) electrons. The molecule has 2 N–H and O–H groups in total. The smallest absolute Gasteiger partial charge is 0.315 e. The molecule has 106 valence electrons. The van der Waals surface area contributed by atoms with Crippen LogP contribution in [0, 0.1) is 0 Å². The largest absolute Gasteiger partial charge is 0.376 e. The van der Waals surface area contributed by atoms with Crippen molar-refractivity contribution in [3.63, 3.8) is 0 Å². The maximum Gasteiger partial charge on any atom is 0.315 e. The number of hydrogen-bond donors (Lipinski definition) is 2. The Morgan fingerprint density at radius 1 is 1.40 bits per heavy atom. The van der Waals surface area contributed by atoms with E-state index in [0.717, 1.165) is 34.7 Å². The Hall–Kier alpha value is -1.66. The third-order valence-corrected chi connectivity index (χ3v) is 4.29. The third-order valence-electron chi connectivity index (χ3n) is 3.25. The molecule has 3 rings (SSSR count). The normalized spacial score (nSPS) is 18.3. The van der Waals surface area contributed by atoms with Gasteiger partial charge in [-0.15, -0.1) is 11.3 Å². The number of para-hydroxylation sites is 1. The van der Waals surface area contributed by atoms with Crippen LogP contribution >= 0.6 is 11.3 Å². The maximum absolute atomic E-state index is 11.7. The lowest BCUT2D eigenvalue weighted by Gasteiger charge is -2.11. The molecule has 1 saturated heterocycles. The minimum atomic E-state index is -0.167. The van der Waals surface area contributed by atoms with Gasteiger partial charge in [-0.25, -0.2) is 9.78 Å². The average molecular weight is 291 g/mol. The Labute approximate surface area is 121 Å². The molecule has 0 unspecified atom stereocenters. The van der Waals surface area contributed by atoms with E-state index in [1.54, 1.807) is 11.3 Å². The number of benzene rings is 1. The summed E-state index contributed by atoms with van der Waals surface area (Å²) in [4.78, 5) is 16.2. The van der Waals surface area contributed by atoms with Gasteiger partial charge < -0.3 is 15.4 Å². The molecule has 6 heteroatoms. The summed E-state index contributed by atoms with van der Waals surface area (Å²) < 4.78 is 6.60. The standard InChI is InChI=1S/C14H17N3O2S/c18-14(15-8-10-4-3-7-19-10)16-9-13-17-11-5-1-2-6-12(11)20-13/h1-2,5-6,10H,3-4,7-9H2,(H2,15,16,18)/t10-/m1/s1. The number of amides is 2. The van der Waals surface area contributed by atoms with E-state index >= 15 is 0 Å². The zero-order valence-electron chi connectivity index (χ0n) is 11.1. The summed E-state index contributed by atoms with van der Waals surface area (Å²) in [6.45, 7) is 1.84. The Morgan fingerprint density at radius 2 is 2.30 bits per heavy atom. The van der Waals surface area contributed by atoms with Crippen molar-refractivity contribution in [3.8, 4) is 0 Å². The average Bonchev–Trinajstić information content (AvgIpc) is 3.11. The molecule has 2 amide bonds. The number of fused-ring (bicyclic) bond motifs is 1. The molecule has 2 aromatic rings. The molecule has 5 nitrogen and oxygen atoms in total. The van der Waals surface area contributed by atoms with E-state index in [4.69, 9.17) is 4.74 Å². The van der Waals surface area contributed by atoms with Gasteiger partial charge in [0.1, 0.15) is 5.01 Å². The van der Waals surface area contributed by atoms with Crippen molar-refractivity contribution in [2.45, 2.75) is 25.5 Å². The van der Waals surface area contributed by atoms with Gasteiger partial charge in [-0.1, -0.05) is 12.1 Å². The van der Waals surface area contributed by atoms with Gasteiger partial charge in [0.25, 0.3) is 0 Å². The third kappa shape index (κ3) is 3.26. The summed E-state index contributed by atoms with van der Waals surface area (Å²) >= 11 is 1.60. The van der Waals surface area contributed by atoms with Gasteiger partial charge in [0.2, 0.25) is 0 Å². The summed E-state index contributed by atoms with van der Waals surface area (Å²) in [6.07, 6.45) is 2.28. The van der Waals surface area contributed by atoms with Gasteiger partial charge in [-0.2, -0.15) is 0 Å². The molecule has 0 spiro atoms. The molecule has 1 aliphatic heterocycles. The van der Waals surface area contributed by atoms with E-state index in [2.05, 4.69) is 15.6 Å². The molecule has 1 atom stereocenters. The summed E-state index contributed by atoms with van der Waals surface area (Å²) in [5.74, 6) is 0. The second kappa shape index (κ2) is 6.19. The summed E-state index contributed by atoms with van der Waals surface area (Å²) in [5.41, 5.74) is 0.981. The van der Waals surface area contributed by atoms with E-state index < -0.39 is 0 Å². The summed E-state index contributed by atoms with van der Waals surface area (Å²) in [6, 6.07) is 7.81. The topological polar surface area (TPSA) is 63.2 Å². The first-order valence-electron chi connectivity index (χ1n) is 6.79. The fraction of sp³-hybridized carbons (Fsp3) is 0.429. The lowest BCUT2D eigenvalue weighted by Crippen LogP contribution is -2.39. The number of carbonyl (C=O) groups is 1. The number of rotatable bonds is 4. The van der Waals surface area contributed by atoms with Gasteiger partial charge in [0, 0.05) is 13.2 Å². The van der Waals surface area contributed by atoms with E-state index in [-0.39, 0.29) is 12.1 Å². The Balaban J connectivity index is 1.47. The number of aromatic nitrogens is 1. The van der Waals surface area contributed by atoms with Crippen molar-refractivity contribution in [2.75, 3.05) is 13.2 Å². The maximum atomic E-state index is 11.7. The number of hydrogen-bond acceptors (Lipinski definition) is 4. The van der Waals surface area contributed by atoms with Crippen LogP contribution in [-0.4, -0.2) is 30.3 Å². The lowest BCUT2D eigenvalue weighted by atomic mass is 10.2. The molecular formula is C14H17N3O2S. The van der Waals surface area contributed by atoms with Crippen molar-refractivity contribution in [2.24, 2.45) is 0 Å². The molecule has 1 aliphatic rings. The first-order valence-corrected chi connectivity index (χ1v) is 7.60. The van der Waals surface area contributed by atoms with Crippen molar-refractivity contribution < 1.29 is 9.53 Å². The zero-order valence-corrected chi connectivity index (χ0v) is 11.9. The van der Waals surface area contributed by atoms with Crippen molar-refractivity contribution in [3.05, 3.63) is 29.3 Å². The number of urea groups is 1. The molecule has 1 fully saturated rings. The highest BCUT2D eigenvalue weighted by molar-refractivity contribution is 7.18. The highest BCUT2D eigenvalue weighted by Crippen LogP contribution is 2.21. The first kappa shape index (κ1) is 13.3. The molecule has 2 heterocycles. The van der Waals surface area contributed by atoms with Gasteiger partial charge in [0.15, 0.2) is 0 Å². The van der Waals surface area contributed by atoms with Crippen molar-refractivity contribution in [1.82, 2.24) is 15.6 Å². The lowest BCUT2D eigenvalue weighted by molar-refractivity contribution is 0.111. The van der Waals surface area contributed by atoms with E-state index in [9.17, 15) is 4.79 Å². The fourth-order valence-corrected chi connectivity index (χ4v) is 3.13. The molecule has 0 aliphatic carbocycles. The quantitative estimate of drug-likeness (QED) is 0.908. The van der Waals surface area contributed by atoms with E-state index in [1.807, 2.05) is 24.3 Å². The second-order valence-electron chi connectivity index (χ2n) is 4.77. The molecule has 0 bridgehead atoms. The number of ether oxygens (including phenoxy) is 1. The first-order chi connectivity index (χ1) is 9.81. The summed E-state index contributed by atoms with van der Waals surface area (Å²) in [5, 5.41) is 6.57. The van der Waals surface area contributed by atoms with Crippen LogP contribution in [0.2, 0.25) is 0 Å². The van der Waals surface area contributed by atoms with Crippen molar-refractivity contribution >= 4 is 27.6 Å². The minimum absolute atomic E-state index is 0.167. The van der Waals surface area contributed by atoms with Crippen LogP contribution in [0.1, 0.15) is 17.8 Å².